The van der Waals surface area contributed by atoms with Crippen molar-refractivity contribution >= 4 is 0 Å². The van der Waals surface area contributed by atoms with Gasteiger partial charge in [0.1, 0.15) is 0 Å². The second-order valence-corrected chi connectivity index (χ2v) is 9.55. The molecule has 0 saturated heterocycles. The molecule has 0 fully saturated rings. The van der Waals surface area contributed by atoms with Gasteiger partial charge in [-0.05, 0) is 72.3 Å². The molecule has 0 radical (unpaired) electrons. The molecule has 0 rings (SSSR count). The quantitative estimate of drug-likeness (QED) is 0.221. The summed E-state index contributed by atoms with van der Waals surface area (Å²) >= 11 is 0. The fraction of sp³-hybridized carbons (Fsp3) is 1.00. The molecule has 0 saturated carbocycles. The van der Waals surface area contributed by atoms with Crippen LogP contribution in [0, 0.1) is 5.92 Å². The minimum absolute atomic E-state index is 0.271. The first-order valence-electron chi connectivity index (χ1n) is 12.6. The molecule has 28 heavy (non-hydrogen) atoms. The van der Waals surface area contributed by atoms with Crippen LogP contribution in [-0.2, 0) is 0 Å². The molecule has 3 nitrogen and oxygen atoms in total. The molecule has 0 bridgehead atoms. The van der Waals surface area contributed by atoms with Crippen LogP contribution in [0.15, 0.2) is 0 Å². The van der Waals surface area contributed by atoms with Crippen molar-refractivity contribution in [2.45, 2.75) is 123 Å². The summed E-state index contributed by atoms with van der Waals surface area (Å²) in [6.45, 7) is 13.7. The van der Waals surface area contributed by atoms with Crippen molar-refractivity contribution in [1.82, 2.24) is 10.2 Å². The highest BCUT2D eigenvalue weighted by Gasteiger charge is 2.29. The molecule has 0 heterocycles. The van der Waals surface area contributed by atoms with E-state index in [1.165, 1.54) is 90.0 Å². The van der Waals surface area contributed by atoms with Crippen LogP contribution in [-0.4, -0.2) is 43.7 Å². The van der Waals surface area contributed by atoms with Crippen LogP contribution in [0.2, 0.25) is 0 Å². The molecule has 0 aliphatic carbocycles. The summed E-state index contributed by atoms with van der Waals surface area (Å²) in [6, 6.07) is 0. The molecule has 0 aliphatic heterocycles. The Morgan fingerprint density at radius 1 is 0.786 bits per heavy atom. The number of unbranched alkanes of at least 4 members (excludes halogenated alkanes) is 11. The van der Waals surface area contributed by atoms with E-state index in [0.717, 1.165) is 26.1 Å². The Hall–Kier alpha value is -0.120. The average Bonchev–Trinajstić information content (AvgIpc) is 2.68. The Morgan fingerprint density at radius 2 is 1.29 bits per heavy atom. The van der Waals surface area contributed by atoms with Crippen molar-refractivity contribution in [2.24, 2.45) is 11.7 Å². The van der Waals surface area contributed by atoms with Crippen LogP contribution in [0.25, 0.3) is 0 Å². The van der Waals surface area contributed by atoms with E-state index in [4.69, 9.17) is 5.73 Å². The molecule has 0 spiro atoms. The summed E-state index contributed by atoms with van der Waals surface area (Å²) in [7, 11) is 2.32. The van der Waals surface area contributed by atoms with Crippen molar-refractivity contribution < 1.29 is 0 Å². The third kappa shape index (κ3) is 14.8. The molecule has 3 heteroatoms. The van der Waals surface area contributed by atoms with Gasteiger partial charge in [0.05, 0.1) is 0 Å². The highest BCUT2D eigenvalue weighted by atomic mass is 15.2. The molecule has 0 aliphatic rings. The third-order valence-electron chi connectivity index (χ3n) is 6.85. The second-order valence-electron chi connectivity index (χ2n) is 9.55. The summed E-state index contributed by atoms with van der Waals surface area (Å²) in [6.07, 6.45) is 19.4. The minimum Gasteiger partial charge on any atom is -0.330 e. The SMILES string of the molecule is CCCCCCCCCCCCCCN(C)C(C)(C)C(C)CCNCCCN. The van der Waals surface area contributed by atoms with E-state index < -0.39 is 0 Å². The lowest BCUT2D eigenvalue weighted by atomic mass is 9.85. The first kappa shape index (κ1) is 27.9. The number of nitrogens with zero attached hydrogens (tertiary/aromatic N) is 1. The van der Waals surface area contributed by atoms with E-state index in [1.54, 1.807) is 0 Å². The fourth-order valence-electron chi connectivity index (χ4n) is 3.88. The Morgan fingerprint density at radius 3 is 1.79 bits per heavy atom. The zero-order valence-electron chi connectivity index (χ0n) is 20.3. The maximum Gasteiger partial charge on any atom is 0.0176 e. The molecule has 3 N–H and O–H groups in total. The van der Waals surface area contributed by atoms with Gasteiger partial charge in [0.15, 0.2) is 0 Å². The highest BCUT2D eigenvalue weighted by molar-refractivity contribution is 4.85. The Balaban J connectivity index is 3.63. The van der Waals surface area contributed by atoms with E-state index in [9.17, 15) is 0 Å². The van der Waals surface area contributed by atoms with E-state index in [0.29, 0.717) is 5.92 Å². The number of nitrogens with two attached hydrogens (primary N) is 1. The Kier molecular flexibility index (Phi) is 18.8. The van der Waals surface area contributed by atoms with Gasteiger partial charge in [-0.2, -0.15) is 0 Å². The van der Waals surface area contributed by atoms with Crippen LogP contribution in [0.5, 0.6) is 0 Å². The minimum atomic E-state index is 0.271. The lowest BCUT2D eigenvalue weighted by Crippen LogP contribution is -2.47. The lowest BCUT2D eigenvalue weighted by molar-refractivity contribution is 0.0904. The van der Waals surface area contributed by atoms with Gasteiger partial charge in [0, 0.05) is 5.54 Å². The predicted octanol–water partition coefficient (Wildman–Crippen LogP) is 6.36. The maximum atomic E-state index is 5.55. The zero-order valence-corrected chi connectivity index (χ0v) is 20.3. The molecule has 0 aromatic carbocycles. The number of hydrogen-bond donors (Lipinski definition) is 2. The van der Waals surface area contributed by atoms with E-state index in [1.807, 2.05) is 0 Å². The van der Waals surface area contributed by atoms with Gasteiger partial charge in [-0.25, -0.2) is 0 Å². The monoisotopic (exact) mass is 397 g/mol. The molecular weight excluding hydrogens is 342 g/mol. The van der Waals surface area contributed by atoms with Crippen molar-refractivity contribution in [3.05, 3.63) is 0 Å². The normalized spacial score (nSPS) is 13.4. The van der Waals surface area contributed by atoms with Gasteiger partial charge in [-0.1, -0.05) is 84.5 Å². The molecule has 170 valence electrons. The van der Waals surface area contributed by atoms with Gasteiger partial charge in [0.25, 0.3) is 0 Å². The van der Waals surface area contributed by atoms with Crippen LogP contribution >= 0.6 is 0 Å². The molecule has 0 aromatic heterocycles. The molecular formula is C25H55N3. The largest absolute Gasteiger partial charge is 0.330 e. The van der Waals surface area contributed by atoms with Crippen LogP contribution in [0.3, 0.4) is 0 Å². The summed E-state index contributed by atoms with van der Waals surface area (Å²) in [5, 5.41) is 3.52. The molecule has 1 atom stereocenters. The number of rotatable bonds is 21. The van der Waals surface area contributed by atoms with E-state index >= 15 is 0 Å². The van der Waals surface area contributed by atoms with Gasteiger partial charge in [-0.3, -0.25) is 0 Å². The first-order valence-corrected chi connectivity index (χ1v) is 12.6. The summed E-state index contributed by atoms with van der Waals surface area (Å²) in [4.78, 5) is 2.59. The van der Waals surface area contributed by atoms with E-state index in [-0.39, 0.29) is 5.54 Å². The number of nitrogens with one attached hydrogen (secondary N) is 1. The molecule has 1 unspecified atom stereocenters. The number of hydrogen-bond acceptors (Lipinski definition) is 3. The van der Waals surface area contributed by atoms with Crippen LogP contribution in [0.1, 0.15) is 118 Å². The summed E-state index contributed by atoms with van der Waals surface area (Å²) < 4.78 is 0. The first-order chi connectivity index (χ1) is 13.5. The van der Waals surface area contributed by atoms with Gasteiger partial charge >= 0.3 is 0 Å². The summed E-state index contributed by atoms with van der Waals surface area (Å²) in [5.74, 6) is 0.695. The average molecular weight is 398 g/mol. The second kappa shape index (κ2) is 18.9. The Labute approximate surface area is 178 Å². The smallest absolute Gasteiger partial charge is 0.0176 e. The highest BCUT2D eigenvalue weighted by Crippen LogP contribution is 2.26. The lowest BCUT2D eigenvalue weighted by Gasteiger charge is -2.41. The third-order valence-corrected chi connectivity index (χ3v) is 6.85. The summed E-state index contributed by atoms with van der Waals surface area (Å²) in [5.41, 5.74) is 5.82. The van der Waals surface area contributed by atoms with Crippen molar-refractivity contribution in [3.8, 4) is 0 Å². The van der Waals surface area contributed by atoms with Crippen LogP contribution in [0.4, 0.5) is 0 Å². The van der Waals surface area contributed by atoms with Crippen molar-refractivity contribution in [1.29, 1.82) is 0 Å². The van der Waals surface area contributed by atoms with Crippen molar-refractivity contribution in [2.75, 3.05) is 33.2 Å². The van der Waals surface area contributed by atoms with Gasteiger partial charge < -0.3 is 16.0 Å². The zero-order chi connectivity index (χ0) is 21.1. The van der Waals surface area contributed by atoms with Gasteiger partial charge in [-0.15, -0.1) is 0 Å². The van der Waals surface area contributed by atoms with Crippen molar-refractivity contribution in [3.63, 3.8) is 0 Å². The van der Waals surface area contributed by atoms with E-state index in [2.05, 4.69) is 45.0 Å². The van der Waals surface area contributed by atoms with Gasteiger partial charge in [0.2, 0.25) is 0 Å². The Bertz CT molecular complexity index is 317. The standard InChI is InChI=1S/C25H55N3/c1-6-7-8-9-10-11-12-13-14-15-16-17-23-28(5)25(3,4)24(2)19-22-27-21-18-20-26/h24,27H,6-23,26H2,1-5H3. The molecule has 0 amide bonds. The molecule has 0 aromatic rings. The predicted molar refractivity (Wildman–Crippen MR) is 128 cm³/mol. The van der Waals surface area contributed by atoms with Crippen LogP contribution < -0.4 is 11.1 Å². The maximum absolute atomic E-state index is 5.55. The topological polar surface area (TPSA) is 41.3 Å². The fourth-order valence-corrected chi connectivity index (χ4v) is 3.88.